The Balaban J connectivity index is 1.85. The van der Waals surface area contributed by atoms with Crippen LogP contribution < -0.4 is 10.6 Å². The second-order valence-corrected chi connectivity index (χ2v) is 7.96. The Morgan fingerprint density at radius 2 is 1.82 bits per heavy atom. The van der Waals surface area contributed by atoms with Gasteiger partial charge in [-0.1, -0.05) is 30.3 Å². The van der Waals surface area contributed by atoms with Crippen LogP contribution in [-0.4, -0.2) is 30.4 Å². The summed E-state index contributed by atoms with van der Waals surface area (Å²) in [6.45, 7) is 6.60. The van der Waals surface area contributed by atoms with E-state index < -0.39 is 5.97 Å². The molecule has 0 fully saturated rings. The van der Waals surface area contributed by atoms with Gasteiger partial charge in [0.2, 0.25) is 5.91 Å². The van der Waals surface area contributed by atoms with Crippen LogP contribution in [0.1, 0.15) is 46.6 Å². The predicted octanol–water partition coefficient (Wildman–Crippen LogP) is 3.62. The number of anilines is 1. The van der Waals surface area contributed by atoms with Gasteiger partial charge >= 0.3 is 5.97 Å². The van der Waals surface area contributed by atoms with Gasteiger partial charge in [-0.15, -0.1) is 11.3 Å². The van der Waals surface area contributed by atoms with Crippen molar-refractivity contribution in [3.8, 4) is 0 Å². The summed E-state index contributed by atoms with van der Waals surface area (Å²) >= 11 is 1.31. The number of carbonyl (C=O) groups is 3. The molecule has 0 aliphatic rings. The number of hydrogen-bond donors (Lipinski definition) is 2. The topological polar surface area (TPSA) is 84.5 Å². The van der Waals surface area contributed by atoms with E-state index in [1.54, 1.807) is 6.92 Å². The number of benzene rings is 1. The van der Waals surface area contributed by atoms with Gasteiger partial charge in [0, 0.05) is 17.8 Å². The van der Waals surface area contributed by atoms with E-state index in [4.69, 9.17) is 4.74 Å². The first kappa shape index (κ1) is 21.6. The van der Waals surface area contributed by atoms with E-state index in [9.17, 15) is 14.4 Å². The van der Waals surface area contributed by atoms with Crippen LogP contribution in [0.25, 0.3) is 0 Å². The Morgan fingerprint density at radius 1 is 1.14 bits per heavy atom. The summed E-state index contributed by atoms with van der Waals surface area (Å²) in [7, 11) is 0. The minimum atomic E-state index is -0.613. The van der Waals surface area contributed by atoms with Crippen molar-refractivity contribution in [3.05, 3.63) is 51.9 Å². The molecule has 0 saturated heterocycles. The van der Waals surface area contributed by atoms with E-state index in [-0.39, 0.29) is 24.5 Å². The van der Waals surface area contributed by atoms with Gasteiger partial charge in [0.05, 0.1) is 5.56 Å². The molecule has 0 bridgehead atoms. The van der Waals surface area contributed by atoms with Crippen LogP contribution in [-0.2, 0) is 20.7 Å². The first-order chi connectivity index (χ1) is 13.3. The van der Waals surface area contributed by atoms with Gasteiger partial charge in [-0.3, -0.25) is 9.59 Å². The van der Waals surface area contributed by atoms with Crippen LogP contribution in [0.15, 0.2) is 30.3 Å². The zero-order valence-electron chi connectivity index (χ0n) is 16.6. The molecule has 0 aliphatic heterocycles. The highest BCUT2D eigenvalue weighted by atomic mass is 32.1. The van der Waals surface area contributed by atoms with Crippen LogP contribution in [0.2, 0.25) is 0 Å². The standard InChI is InChI=1S/C21H26N2O4S/c1-13(10-11-17-8-6-5-7-9-17)22-18(25)12-27-21(26)19-14(2)15(3)28-20(19)23-16(4)24/h5-9,13H,10-12H2,1-4H3,(H,22,25)(H,23,24). The van der Waals surface area contributed by atoms with Crippen molar-refractivity contribution in [2.45, 2.75) is 46.6 Å². The molecule has 0 radical (unpaired) electrons. The van der Waals surface area contributed by atoms with Crippen LogP contribution in [0, 0.1) is 13.8 Å². The second kappa shape index (κ2) is 10.0. The summed E-state index contributed by atoms with van der Waals surface area (Å²) in [5.74, 6) is -1.22. The summed E-state index contributed by atoms with van der Waals surface area (Å²) in [6.07, 6.45) is 1.65. The molecular formula is C21H26N2O4S. The molecule has 0 spiro atoms. The fraction of sp³-hybridized carbons (Fsp3) is 0.381. The molecule has 0 aliphatic carbocycles. The molecule has 28 heavy (non-hydrogen) atoms. The zero-order chi connectivity index (χ0) is 20.7. The van der Waals surface area contributed by atoms with E-state index in [0.29, 0.717) is 10.6 Å². The maximum atomic E-state index is 12.4. The van der Waals surface area contributed by atoms with Crippen molar-refractivity contribution < 1.29 is 19.1 Å². The minimum Gasteiger partial charge on any atom is -0.452 e. The fourth-order valence-corrected chi connectivity index (χ4v) is 3.84. The Morgan fingerprint density at radius 3 is 2.46 bits per heavy atom. The molecule has 1 atom stereocenters. The predicted molar refractivity (Wildman–Crippen MR) is 111 cm³/mol. The Hall–Kier alpha value is -2.67. The number of nitrogens with one attached hydrogen (secondary N) is 2. The van der Waals surface area contributed by atoms with Gasteiger partial charge in [-0.05, 0) is 44.7 Å². The monoisotopic (exact) mass is 402 g/mol. The third-order valence-electron chi connectivity index (χ3n) is 4.33. The molecule has 6 nitrogen and oxygen atoms in total. The van der Waals surface area contributed by atoms with E-state index in [0.717, 1.165) is 23.3 Å². The lowest BCUT2D eigenvalue weighted by Gasteiger charge is -2.14. The summed E-state index contributed by atoms with van der Waals surface area (Å²) in [5.41, 5.74) is 2.27. The smallest absolute Gasteiger partial charge is 0.341 e. The van der Waals surface area contributed by atoms with Crippen LogP contribution >= 0.6 is 11.3 Å². The second-order valence-electron chi connectivity index (χ2n) is 6.74. The third-order valence-corrected chi connectivity index (χ3v) is 5.45. The summed E-state index contributed by atoms with van der Waals surface area (Å²) < 4.78 is 5.17. The van der Waals surface area contributed by atoms with Gasteiger partial charge in [0.15, 0.2) is 6.61 Å². The average molecular weight is 403 g/mol. The van der Waals surface area contributed by atoms with Gasteiger partial charge in [-0.2, -0.15) is 0 Å². The first-order valence-corrected chi connectivity index (χ1v) is 9.97. The Kier molecular flexibility index (Phi) is 7.75. The SMILES string of the molecule is CC(=O)Nc1sc(C)c(C)c1C(=O)OCC(=O)NC(C)CCc1ccccc1. The highest BCUT2D eigenvalue weighted by molar-refractivity contribution is 7.16. The average Bonchev–Trinajstić information content (AvgIpc) is 2.92. The number of amides is 2. The van der Waals surface area contributed by atoms with E-state index in [2.05, 4.69) is 10.6 Å². The van der Waals surface area contributed by atoms with Gasteiger partial charge in [0.25, 0.3) is 5.91 Å². The maximum absolute atomic E-state index is 12.4. The molecule has 1 heterocycles. The van der Waals surface area contributed by atoms with E-state index in [1.165, 1.54) is 23.8 Å². The lowest BCUT2D eigenvalue weighted by atomic mass is 10.1. The summed E-state index contributed by atoms with van der Waals surface area (Å²) in [6, 6.07) is 10.0. The molecule has 7 heteroatoms. The maximum Gasteiger partial charge on any atom is 0.341 e. The molecular weight excluding hydrogens is 376 g/mol. The molecule has 2 aromatic rings. The van der Waals surface area contributed by atoms with Gasteiger partial charge in [0.1, 0.15) is 5.00 Å². The zero-order valence-corrected chi connectivity index (χ0v) is 17.4. The molecule has 2 rings (SSSR count). The molecule has 1 unspecified atom stereocenters. The number of esters is 1. The van der Waals surface area contributed by atoms with E-state index in [1.807, 2.05) is 44.2 Å². The number of ether oxygens (including phenoxy) is 1. The molecule has 1 aromatic carbocycles. The third kappa shape index (κ3) is 6.20. The van der Waals surface area contributed by atoms with Crippen molar-refractivity contribution in [1.82, 2.24) is 5.32 Å². The summed E-state index contributed by atoms with van der Waals surface area (Å²) in [4.78, 5) is 36.8. The number of rotatable bonds is 8. The van der Waals surface area contributed by atoms with Crippen molar-refractivity contribution in [2.75, 3.05) is 11.9 Å². The van der Waals surface area contributed by atoms with E-state index >= 15 is 0 Å². The quantitative estimate of drug-likeness (QED) is 0.661. The van der Waals surface area contributed by atoms with Gasteiger partial charge < -0.3 is 15.4 Å². The minimum absolute atomic E-state index is 0.0357. The van der Waals surface area contributed by atoms with Crippen LogP contribution in [0.3, 0.4) is 0 Å². The van der Waals surface area contributed by atoms with Crippen molar-refractivity contribution in [1.29, 1.82) is 0 Å². The largest absolute Gasteiger partial charge is 0.452 e. The normalized spacial score (nSPS) is 11.6. The molecule has 2 amide bonds. The van der Waals surface area contributed by atoms with Crippen molar-refractivity contribution in [3.63, 3.8) is 0 Å². The highest BCUT2D eigenvalue weighted by Gasteiger charge is 2.22. The Bertz CT molecular complexity index is 846. The van der Waals surface area contributed by atoms with Gasteiger partial charge in [-0.25, -0.2) is 4.79 Å². The van der Waals surface area contributed by atoms with Crippen molar-refractivity contribution in [2.24, 2.45) is 0 Å². The number of thiophene rings is 1. The summed E-state index contributed by atoms with van der Waals surface area (Å²) in [5, 5.41) is 5.93. The molecule has 1 aromatic heterocycles. The molecule has 150 valence electrons. The number of hydrogen-bond acceptors (Lipinski definition) is 5. The number of aryl methyl sites for hydroxylation is 2. The Labute approximate surface area is 169 Å². The first-order valence-electron chi connectivity index (χ1n) is 9.16. The lowest BCUT2D eigenvalue weighted by molar-refractivity contribution is -0.124. The van der Waals surface area contributed by atoms with Crippen molar-refractivity contribution >= 4 is 34.1 Å². The molecule has 0 saturated carbocycles. The van der Waals surface area contributed by atoms with Crippen LogP contribution in [0.4, 0.5) is 5.00 Å². The lowest BCUT2D eigenvalue weighted by Crippen LogP contribution is -2.36. The molecule has 2 N–H and O–H groups in total. The highest BCUT2D eigenvalue weighted by Crippen LogP contribution is 2.32. The number of carbonyl (C=O) groups excluding carboxylic acids is 3. The fourth-order valence-electron chi connectivity index (χ4n) is 2.74. The van der Waals surface area contributed by atoms with Crippen LogP contribution in [0.5, 0.6) is 0 Å².